The van der Waals surface area contributed by atoms with Crippen LogP contribution in [0.15, 0.2) is 82.4 Å². The number of hydrogen-bond donors (Lipinski definition) is 5. The molecule has 0 amide bonds. The molecule has 0 unspecified atom stereocenters. The van der Waals surface area contributed by atoms with Gasteiger partial charge >= 0.3 is 23.1 Å². The predicted octanol–water partition coefficient (Wildman–Crippen LogP) is 5.17. The van der Waals surface area contributed by atoms with E-state index >= 15 is 0 Å². The van der Waals surface area contributed by atoms with Gasteiger partial charge in [-0.15, -0.1) is 0 Å². The van der Waals surface area contributed by atoms with Gasteiger partial charge in [0.25, 0.3) is 5.88 Å². The number of β-amino-alcohol motifs (C(OH)–C–C–N with tert-alkyl or cyclic N) is 1. The summed E-state index contributed by atoms with van der Waals surface area (Å²) < 4.78 is 35.4. The second kappa shape index (κ2) is 26.5. The first-order valence-corrected chi connectivity index (χ1v) is 23.0. The van der Waals surface area contributed by atoms with Gasteiger partial charge in [-0.25, -0.2) is 19.9 Å². The fourth-order valence-electron chi connectivity index (χ4n) is 7.21. The zero-order valence-corrected chi connectivity index (χ0v) is 43.2. The summed E-state index contributed by atoms with van der Waals surface area (Å²) >= 11 is 17.6. The number of likely N-dealkylation sites (N-methyl/N-ethyl adjacent to an activating group) is 2. The van der Waals surface area contributed by atoms with Gasteiger partial charge in [0.05, 0.1) is 93.2 Å². The van der Waals surface area contributed by atoms with Crippen LogP contribution in [-0.2, 0) is 19.1 Å². The molecule has 25 heteroatoms. The number of H-pyrrole nitrogens is 2. The van der Waals surface area contributed by atoms with Crippen LogP contribution in [0.5, 0.6) is 28.9 Å². The van der Waals surface area contributed by atoms with Crippen LogP contribution in [-0.4, -0.2) is 151 Å². The molecule has 2 aliphatic heterocycles. The average molecular weight is 1070 g/mol. The molecule has 0 radical (unpaired) electrons. The maximum absolute atomic E-state index is 11.7. The number of aromatic nitrogens is 6. The van der Waals surface area contributed by atoms with Crippen LogP contribution in [0.2, 0.25) is 15.5 Å². The number of aliphatic hydroxyl groups excluding tert-OH is 1. The van der Waals surface area contributed by atoms with Crippen LogP contribution in [0.25, 0.3) is 33.1 Å². The van der Waals surface area contributed by atoms with Crippen LogP contribution in [0.3, 0.4) is 0 Å². The molecule has 2 saturated heterocycles. The summed E-state index contributed by atoms with van der Waals surface area (Å²) in [4.78, 5) is 70.2. The van der Waals surface area contributed by atoms with Crippen molar-refractivity contribution in [1.82, 2.24) is 39.7 Å². The minimum atomic E-state index is -0.661. The van der Waals surface area contributed by atoms with E-state index in [2.05, 4.69) is 34.6 Å². The van der Waals surface area contributed by atoms with Gasteiger partial charge in [0.2, 0.25) is 0 Å². The van der Waals surface area contributed by atoms with Crippen molar-refractivity contribution in [2.24, 2.45) is 0 Å². The molecule has 2 aliphatic rings. The lowest BCUT2D eigenvalue weighted by Gasteiger charge is -2.15. The molecule has 390 valence electrons. The third-order valence-electron chi connectivity index (χ3n) is 11.1. The lowest BCUT2D eigenvalue weighted by Crippen LogP contribution is -2.33. The zero-order valence-electron chi connectivity index (χ0n) is 41.0. The van der Waals surface area contributed by atoms with Crippen molar-refractivity contribution >= 4 is 91.2 Å². The molecule has 7 aromatic rings. The van der Waals surface area contributed by atoms with Crippen molar-refractivity contribution in [3.8, 4) is 28.9 Å². The van der Waals surface area contributed by atoms with Crippen LogP contribution >= 0.6 is 34.8 Å². The summed E-state index contributed by atoms with van der Waals surface area (Å²) in [7, 11) is 12.7. The first-order chi connectivity index (χ1) is 34.8. The highest BCUT2D eigenvalue weighted by molar-refractivity contribution is 6.40. The molecule has 4 atom stereocenters. The van der Waals surface area contributed by atoms with Crippen molar-refractivity contribution in [2.75, 3.05) is 81.3 Å². The number of nitrogen functional groups attached to an aromatic ring is 2. The Balaban J connectivity index is 0.000000176. The molecule has 22 nitrogen and oxygen atoms in total. The van der Waals surface area contributed by atoms with Crippen molar-refractivity contribution in [3.63, 3.8) is 0 Å². The van der Waals surface area contributed by atoms with E-state index in [9.17, 15) is 19.2 Å². The SMILES string of the molecule is COC(=O)[C@@H]1C[C@@H](O)CN1C.COC(=O)[C@@H]1C[C@@H](Oc2nc3cc(OC)ccc3nc2Cl)CN1C.COc1ccc(N)c(N)c1.COc1ccc2[nH]c(=O)c(=O)[nH]c2c1.COc1ccc2nc(Cl)c(Cl)nc2c1. The number of nitrogens with two attached hydrogens (primary N) is 2. The van der Waals surface area contributed by atoms with Gasteiger partial charge in [-0.3, -0.25) is 29.0 Å². The zero-order chi connectivity index (χ0) is 53.5. The number of hydrogen-bond acceptors (Lipinski definition) is 20. The van der Waals surface area contributed by atoms with Crippen molar-refractivity contribution in [1.29, 1.82) is 0 Å². The molecular formula is C48H55Cl3N10O12. The number of fused-ring (bicyclic) bond motifs is 3. The summed E-state index contributed by atoms with van der Waals surface area (Å²) in [5, 5.41) is 9.77. The van der Waals surface area contributed by atoms with Crippen LogP contribution in [0.4, 0.5) is 11.4 Å². The lowest BCUT2D eigenvalue weighted by molar-refractivity contribution is -0.146. The number of halogens is 3. The van der Waals surface area contributed by atoms with Gasteiger partial charge < -0.3 is 59.7 Å². The molecule has 0 aliphatic carbocycles. The number of carbonyl (C=O) groups is 2. The van der Waals surface area contributed by atoms with E-state index in [-0.39, 0.29) is 57.6 Å². The Bertz CT molecular complexity index is 3150. The Morgan fingerprint density at radius 2 is 1.03 bits per heavy atom. The van der Waals surface area contributed by atoms with Gasteiger partial charge in [0.1, 0.15) is 41.2 Å². The summed E-state index contributed by atoms with van der Waals surface area (Å²) in [6.07, 6.45) is 0.401. The van der Waals surface area contributed by atoms with Gasteiger partial charge in [-0.2, -0.15) is 0 Å². The highest BCUT2D eigenvalue weighted by atomic mass is 35.5. The van der Waals surface area contributed by atoms with E-state index in [0.717, 1.165) is 5.75 Å². The Labute approximate surface area is 433 Å². The lowest BCUT2D eigenvalue weighted by atomic mass is 10.2. The Morgan fingerprint density at radius 3 is 1.55 bits per heavy atom. The maximum atomic E-state index is 11.7. The topological polar surface area (TPSA) is 295 Å². The van der Waals surface area contributed by atoms with E-state index in [1.54, 1.807) is 106 Å². The minimum Gasteiger partial charge on any atom is -0.497 e. The average Bonchev–Trinajstić information content (AvgIpc) is 3.94. The van der Waals surface area contributed by atoms with Crippen LogP contribution < -0.4 is 46.3 Å². The molecule has 0 saturated carbocycles. The predicted molar refractivity (Wildman–Crippen MR) is 277 cm³/mol. The van der Waals surface area contributed by atoms with Gasteiger partial charge in [-0.1, -0.05) is 34.8 Å². The number of likely N-dealkylation sites (tertiary alicyclic amines) is 2. The Hall–Kier alpha value is -7.21. The van der Waals surface area contributed by atoms with Gasteiger partial charge in [0, 0.05) is 50.2 Å². The molecule has 7 N–H and O–H groups in total. The van der Waals surface area contributed by atoms with E-state index in [0.29, 0.717) is 87.7 Å². The number of esters is 2. The number of rotatable bonds is 8. The van der Waals surface area contributed by atoms with Crippen molar-refractivity contribution in [3.05, 3.63) is 109 Å². The van der Waals surface area contributed by atoms with E-state index in [1.807, 2.05) is 11.9 Å². The fraction of sp³-hybridized carbons (Fsp3) is 0.333. The summed E-state index contributed by atoms with van der Waals surface area (Å²) in [5.74, 6) is 2.46. The molecule has 3 aromatic heterocycles. The van der Waals surface area contributed by atoms with Gasteiger partial charge in [0.15, 0.2) is 15.5 Å². The monoisotopic (exact) mass is 1070 g/mol. The highest BCUT2D eigenvalue weighted by Crippen LogP contribution is 2.30. The molecule has 5 heterocycles. The number of nitrogens with one attached hydrogen (secondary N) is 2. The molecule has 2 fully saturated rings. The molecule has 9 rings (SSSR count). The molecule has 0 bridgehead atoms. The number of nitrogens with zero attached hydrogens (tertiary/aromatic N) is 6. The normalized spacial score (nSPS) is 17.0. The second-order valence-corrected chi connectivity index (χ2v) is 17.0. The summed E-state index contributed by atoms with van der Waals surface area (Å²) in [6.45, 7) is 1.13. The molecule has 73 heavy (non-hydrogen) atoms. The number of benzene rings is 4. The molecule has 4 aromatic carbocycles. The first-order valence-electron chi connectivity index (χ1n) is 21.9. The minimum absolute atomic E-state index is 0.192. The van der Waals surface area contributed by atoms with Crippen molar-refractivity contribution in [2.45, 2.75) is 37.1 Å². The Morgan fingerprint density at radius 1 is 0.575 bits per heavy atom. The third kappa shape index (κ3) is 15.4. The fourth-order valence-corrected chi connectivity index (χ4v) is 7.65. The highest BCUT2D eigenvalue weighted by Gasteiger charge is 2.37. The van der Waals surface area contributed by atoms with Crippen LogP contribution in [0.1, 0.15) is 12.8 Å². The van der Waals surface area contributed by atoms with Crippen LogP contribution in [0, 0.1) is 0 Å². The number of methoxy groups -OCH3 is 6. The number of carbonyl (C=O) groups excluding carboxylic acids is 2. The van der Waals surface area contributed by atoms with E-state index in [1.165, 1.54) is 21.3 Å². The molecule has 0 spiro atoms. The number of anilines is 2. The van der Waals surface area contributed by atoms with Crippen molar-refractivity contribution < 1.29 is 47.9 Å². The number of ether oxygens (including phenoxy) is 7. The van der Waals surface area contributed by atoms with Gasteiger partial charge in [-0.05, 0) is 62.6 Å². The standard InChI is InChI=1S/C16H18ClN3O4.C9H6Cl2N2O.C9H8N2O3.C7H10N2O.C7H13NO3/c1-20-8-10(7-13(20)16(21)23-3)24-15-14(17)18-11-5-4-9(22-2)6-12(11)19-15;1-14-5-2-3-6-7(4-5)13-9(11)8(10)12-6;1-14-5-2-3-6-7(4-5)11-9(13)8(12)10-6;1-10-5-2-3-6(8)7(9)4-5;1-8-4-5(9)3-6(8)7(10)11-2/h4-6,10,13H,7-8H2,1-3H3;2-4H,1H3;2-4H,1H3,(H,10,12)(H,11,13);2-4H,8-9H2,1H3;5-6,9H,3-4H2,1-2H3/t10-,13+;;;;5-,6+/m1...1/s1. The summed E-state index contributed by atoms with van der Waals surface area (Å²) in [5.41, 5.74) is 14.6. The number of aromatic amines is 2. The second-order valence-electron chi connectivity index (χ2n) is 16.0. The number of aliphatic hydroxyl groups is 1. The Kier molecular flexibility index (Phi) is 20.6. The smallest absolute Gasteiger partial charge is 0.323 e. The quantitative estimate of drug-likeness (QED) is 0.0745. The summed E-state index contributed by atoms with van der Waals surface area (Å²) in [6, 6.07) is 20.3. The van der Waals surface area contributed by atoms with E-state index < -0.39 is 11.1 Å². The molecular weight excluding hydrogens is 1010 g/mol. The largest absolute Gasteiger partial charge is 0.497 e. The van der Waals surface area contributed by atoms with E-state index in [4.69, 9.17) is 79.8 Å². The maximum Gasteiger partial charge on any atom is 0.323 e. The third-order valence-corrected chi connectivity index (χ3v) is 11.9. The first kappa shape index (κ1) is 56.7.